The van der Waals surface area contributed by atoms with Crippen LogP contribution < -0.4 is 10.0 Å². The molecule has 2 aromatic heterocycles. The molecule has 1 fully saturated rings. The number of thiazole rings is 1. The summed E-state index contributed by atoms with van der Waals surface area (Å²) in [6.45, 7) is 3.83. The Bertz CT molecular complexity index is 1130. The number of rotatable bonds is 9. The number of hydrogen-bond acceptors (Lipinski definition) is 5. The second-order valence-corrected chi connectivity index (χ2v) is 10.1. The van der Waals surface area contributed by atoms with Crippen molar-refractivity contribution in [2.24, 2.45) is 0 Å². The number of hydrogen-bond donors (Lipinski definition) is 2. The van der Waals surface area contributed by atoms with E-state index in [1.807, 2.05) is 25.3 Å². The van der Waals surface area contributed by atoms with Crippen molar-refractivity contribution >= 4 is 39.0 Å². The van der Waals surface area contributed by atoms with Gasteiger partial charge in [-0.3, -0.25) is 14.5 Å². The molecule has 3 aromatic rings. The third-order valence-electron chi connectivity index (χ3n) is 5.86. The van der Waals surface area contributed by atoms with Crippen molar-refractivity contribution in [1.82, 2.24) is 9.97 Å². The highest BCUT2D eigenvalue weighted by molar-refractivity contribution is 7.87. The number of nitrogens with zero attached hydrogens (tertiary/aromatic N) is 2. The molecule has 0 saturated heterocycles. The minimum Gasteiger partial charge on any atom is -0.323 e. The van der Waals surface area contributed by atoms with Crippen molar-refractivity contribution in [2.45, 2.75) is 50.2 Å². The molecule has 1 aromatic carbocycles. The number of amides is 1. The summed E-state index contributed by atoms with van der Waals surface area (Å²) in [5.41, 5.74) is 1.30. The van der Waals surface area contributed by atoms with E-state index in [2.05, 4.69) is 20.0 Å². The summed E-state index contributed by atoms with van der Waals surface area (Å²) in [4.78, 5) is 22.0. The van der Waals surface area contributed by atoms with Crippen LogP contribution in [-0.4, -0.2) is 25.3 Å². The first-order chi connectivity index (χ1) is 15.5. The summed E-state index contributed by atoms with van der Waals surface area (Å²) < 4.78 is 29.9. The molecular formula is C23H25FN4O2S2. The van der Waals surface area contributed by atoms with Gasteiger partial charge < -0.3 is 5.32 Å². The maximum atomic E-state index is 14.8. The molecule has 0 bridgehead atoms. The molecule has 2 heterocycles. The highest BCUT2D eigenvalue weighted by Crippen LogP contribution is 2.36. The van der Waals surface area contributed by atoms with Gasteiger partial charge in [0, 0.05) is 23.3 Å². The molecule has 1 unspecified atom stereocenters. The van der Waals surface area contributed by atoms with Crippen molar-refractivity contribution in [3.05, 3.63) is 59.6 Å². The lowest BCUT2D eigenvalue weighted by Gasteiger charge is -2.28. The Labute approximate surface area is 193 Å². The molecular weight excluding hydrogens is 447 g/mol. The molecule has 1 atom stereocenters. The van der Waals surface area contributed by atoms with E-state index in [4.69, 9.17) is 0 Å². The van der Waals surface area contributed by atoms with E-state index in [-0.39, 0.29) is 16.8 Å². The van der Waals surface area contributed by atoms with Crippen molar-refractivity contribution in [2.75, 3.05) is 10.0 Å². The van der Waals surface area contributed by atoms with Gasteiger partial charge in [0.2, 0.25) is 5.91 Å². The van der Waals surface area contributed by atoms with E-state index in [9.17, 15) is 13.4 Å². The number of carbonyl (C=O) groups excluding carboxylic acids is 1. The molecule has 6 nitrogen and oxygen atoms in total. The van der Waals surface area contributed by atoms with Gasteiger partial charge >= 0.3 is 0 Å². The van der Waals surface area contributed by atoms with Crippen molar-refractivity contribution < 1.29 is 13.4 Å². The number of pyridine rings is 1. The number of aromatic nitrogens is 2. The third kappa shape index (κ3) is 4.59. The van der Waals surface area contributed by atoms with Gasteiger partial charge in [0.25, 0.3) is 0 Å². The summed E-state index contributed by atoms with van der Waals surface area (Å²) in [5.74, 6) is -0.822. The van der Waals surface area contributed by atoms with Gasteiger partial charge in [0.05, 0.1) is 22.0 Å². The second kappa shape index (κ2) is 9.46. The predicted molar refractivity (Wildman–Crippen MR) is 127 cm³/mol. The molecule has 1 aliphatic rings. The lowest BCUT2D eigenvalue weighted by Crippen LogP contribution is -2.40. The summed E-state index contributed by atoms with van der Waals surface area (Å²) in [6, 6.07) is 8.36. The zero-order valence-electron chi connectivity index (χ0n) is 17.9. The largest absolute Gasteiger partial charge is 0.323 e. The van der Waals surface area contributed by atoms with Crippen LogP contribution in [0.2, 0.25) is 0 Å². The number of benzene rings is 1. The van der Waals surface area contributed by atoms with E-state index in [1.54, 1.807) is 30.6 Å². The first-order valence-corrected chi connectivity index (χ1v) is 12.7. The fraction of sp³-hybridized carbons (Fsp3) is 0.348. The molecule has 0 aliphatic heterocycles. The predicted octanol–water partition coefficient (Wildman–Crippen LogP) is 5.28. The molecule has 1 saturated carbocycles. The van der Waals surface area contributed by atoms with Crippen molar-refractivity contribution in [3.8, 4) is 11.1 Å². The number of carbonyl (C=O) groups is 1. The van der Waals surface area contributed by atoms with Crippen LogP contribution in [0.15, 0.2) is 48.1 Å². The summed E-state index contributed by atoms with van der Waals surface area (Å²) in [7, 11) is -1.15. The lowest BCUT2D eigenvalue weighted by atomic mass is 9.78. The van der Waals surface area contributed by atoms with Gasteiger partial charge in [-0.05, 0) is 49.4 Å². The quantitative estimate of drug-likeness (QED) is 0.444. The third-order valence-corrected chi connectivity index (χ3v) is 8.22. The Morgan fingerprint density at radius 1 is 1.25 bits per heavy atom. The Kier molecular flexibility index (Phi) is 6.66. The highest BCUT2D eigenvalue weighted by Gasteiger charge is 2.40. The molecule has 168 valence electrons. The van der Waals surface area contributed by atoms with Crippen LogP contribution in [0.25, 0.3) is 11.1 Å². The first-order valence-electron chi connectivity index (χ1n) is 10.6. The Hall–Kier alpha value is -2.65. The molecule has 1 amide bonds. The zero-order chi connectivity index (χ0) is 22.7. The fourth-order valence-electron chi connectivity index (χ4n) is 3.61. The van der Waals surface area contributed by atoms with Crippen LogP contribution in [0.3, 0.4) is 0 Å². The lowest BCUT2D eigenvalue weighted by molar-refractivity contribution is -0.122. The van der Waals surface area contributed by atoms with Gasteiger partial charge in [-0.25, -0.2) is 13.6 Å². The minimum absolute atomic E-state index is 0.123. The molecule has 0 radical (unpaired) electrons. The van der Waals surface area contributed by atoms with E-state index < -0.39 is 22.2 Å². The topological polar surface area (TPSA) is 84.0 Å². The minimum atomic E-state index is -1.15. The SMILES string of the molecule is CCC(CC)(C(=O)Nc1ccc(-c2cccnc2)cc1F)c1csc(NS(=O)C2CC2)n1. The van der Waals surface area contributed by atoms with Crippen LogP contribution in [0.1, 0.15) is 45.2 Å². The van der Waals surface area contributed by atoms with Gasteiger partial charge in [-0.2, -0.15) is 0 Å². The van der Waals surface area contributed by atoms with Crippen LogP contribution in [0.5, 0.6) is 0 Å². The van der Waals surface area contributed by atoms with Crippen molar-refractivity contribution in [3.63, 3.8) is 0 Å². The second-order valence-electron chi connectivity index (χ2n) is 7.82. The molecule has 9 heteroatoms. The van der Waals surface area contributed by atoms with Crippen LogP contribution in [0.4, 0.5) is 15.2 Å². The normalized spacial score (nSPS) is 14.7. The Balaban J connectivity index is 1.54. The number of halogens is 1. The Morgan fingerprint density at radius 2 is 2.03 bits per heavy atom. The van der Waals surface area contributed by atoms with Gasteiger partial charge in [-0.1, -0.05) is 26.0 Å². The zero-order valence-corrected chi connectivity index (χ0v) is 19.6. The van der Waals surface area contributed by atoms with E-state index in [1.165, 1.54) is 17.4 Å². The number of anilines is 2. The Morgan fingerprint density at radius 3 is 2.66 bits per heavy atom. The fourth-order valence-corrected chi connectivity index (χ4v) is 5.65. The summed E-state index contributed by atoms with van der Waals surface area (Å²) in [6.07, 6.45) is 6.24. The van der Waals surface area contributed by atoms with E-state index >= 15 is 0 Å². The average molecular weight is 473 g/mol. The average Bonchev–Trinajstić information content (AvgIpc) is 3.57. The standard InChI is InChI=1S/C23H25FN4O2S2/c1-3-23(4-2,20-14-31-22(27-20)28-32(30)17-8-9-17)21(29)26-19-10-7-15(12-18(19)24)16-6-5-11-25-13-16/h5-7,10-14,17H,3-4,8-9H2,1-2H3,(H,26,29)(H,27,28). The van der Waals surface area contributed by atoms with E-state index in [0.29, 0.717) is 29.2 Å². The molecule has 2 N–H and O–H groups in total. The first kappa shape index (κ1) is 22.5. The van der Waals surface area contributed by atoms with Gasteiger partial charge in [0.15, 0.2) is 5.13 Å². The van der Waals surface area contributed by atoms with Crippen molar-refractivity contribution in [1.29, 1.82) is 0 Å². The maximum Gasteiger partial charge on any atom is 0.236 e. The van der Waals surface area contributed by atoms with E-state index in [0.717, 1.165) is 18.4 Å². The van der Waals surface area contributed by atoms with Crippen LogP contribution in [-0.2, 0) is 21.2 Å². The number of nitrogens with one attached hydrogen (secondary N) is 2. The molecule has 32 heavy (non-hydrogen) atoms. The van der Waals surface area contributed by atoms with Crippen LogP contribution >= 0.6 is 11.3 Å². The monoisotopic (exact) mass is 472 g/mol. The molecule has 4 rings (SSSR count). The summed E-state index contributed by atoms with van der Waals surface area (Å²) in [5, 5.41) is 5.31. The van der Waals surface area contributed by atoms with Crippen LogP contribution in [0, 0.1) is 5.82 Å². The maximum absolute atomic E-state index is 14.8. The highest BCUT2D eigenvalue weighted by atomic mass is 32.2. The van der Waals surface area contributed by atoms with Gasteiger partial charge in [0.1, 0.15) is 16.8 Å². The summed E-state index contributed by atoms with van der Waals surface area (Å²) >= 11 is 1.33. The molecule has 1 aliphatic carbocycles. The smallest absolute Gasteiger partial charge is 0.236 e. The molecule has 0 spiro atoms. The van der Waals surface area contributed by atoms with Gasteiger partial charge in [-0.15, -0.1) is 11.3 Å².